The van der Waals surface area contributed by atoms with Crippen molar-refractivity contribution in [3.05, 3.63) is 24.3 Å². The zero-order valence-electron chi connectivity index (χ0n) is 6.69. The van der Waals surface area contributed by atoms with E-state index in [-0.39, 0.29) is 23.4 Å². The van der Waals surface area contributed by atoms with Crippen LogP contribution in [0.4, 0.5) is 0 Å². The van der Waals surface area contributed by atoms with Crippen LogP contribution in [0.25, 0.3) is 0 Å². The van der Waals surface area contributed by atoms with E-state index in [2.05, 4.69) is 0 Å². The Morgan fingerprint density at radius 3 is 2.75 bits per heavy atom. The lowest BCUT2D eigenvalue weighted by molar-refractivity contribution is -0.132. The van der Waals surface area contributed by atoms with Crippen LogP contribution in [0.3, 0.4) is 0 Å². The van der Waals surface area contributed by atoms with E-state index in [0.29, 0.717) is 6.42 Å². The minimum Gasteiger partial charge on any atom is -0.298 e. The highest BCUT2D eigenvalue weighted by molar-refractivity contribution is 6.11. The van der Waals surface area contributed by atoms with Crippen LogP contribution in [0.1, 0.15) is 12.8 Å². The van der Waals surface area contributed by atoms with Crippen molar-refractivity contribution in [2.75, 3.05) is 0 Å². The van der Waals surface area contributed by atoms with Gasteiger partial charge in [-0.05, 0) is 18.9 Å². The van der Waals surface area contributed by atoms with Gasteiger partial charge in [0.1, 0.15) is 0 Å². The van der Waals surface area contributed by atoms with Crippen molar-refractivity contribution < 1.29 is 9.59 Å². The Morgan fingerprint density at radius 1 is 1.17 bits per heavy atom. The van der Waals surface area contributed by atoms with Gasteiger partial charge in [-0.3, -0.25) is 9.59 Å². The molecule has 0 fully saturated rings. The summed E-state index contributed by atoms with van der Waals surface area (Å²) in [6.07, 6.45) is 8.58. The number of carbonyl (C=O) groups is 2. The second-order valence-electron chi connectivity index (χ2n) is 3.27. The van der Waals surface area contributed by atoms with E-state index in [9.17, 15) is 9.59 Å². The third-order valence-corrected chi connectivity index (χ3v) is 2.47. The molecule has 0 aliphatic heterocycles. The molecule has 0 N–H and O–H groups in total. The zero-order valence-corrected chi connectivity index (χ0v) is 6.69. The molecule has 2 nitrogen and oxygen atoms in total. The van der Waals surface area contributed by atoms with Gasteiger partial charge >= 0.3 is 0 Å². The zero-order chi connectivity index (χ0) is 8.55. The molecule has 0 heterocycles. The highest BCUT2D eigenvalue weighted by Gasteiger charge is 2.33. The maximum absolute atomic E-state index is 11.5. The summed E-state index contributed by atoms with van der Waals surface area (Å²) in [5.41, 5.74) is 0. The quantitative estimate of drug-likeness (QED) is 0.397. The van der Waals surface area contributed by atoms with Crippen molar-refractivity contribution >= 4 is 11.6 Å². The van der Waals surface area contributed by atoms with Gasteiger partial charge in [0, 0.05) is 5.92 Å². The molecule has 2 aliphatic rings. The molecular formula is C10H10O2. The molecule has 2 bridgehead atoms. The van der Waals surface area contributed by atoms with Crippen molar-refractivity contribution in [2.24, 2.45) is 11.8 Å². The van der Waals surface area contributed by atoms with E-state index < -0.39 is 0 Å². The summed E-state index contributed by atoms with van der Waals surface area (Å²) in [5, 5.41) is 0. The number of Topliss-reactive ketones (excluding diaryl/α,β-unsaturated/α-hetero) is 1. The third kappa shape index (κ3) is 1.04. The van der Waals surface area contributed by atoms with E-state index in [1.54, 1.807) is 12.2 Å². The maximum Gasteiger partial charge on any atom is 0.166 e. The molecule has 0 saturated carbocycles. The molecule has 0 aromatic carbocycles. The predicted octanol–water partition coefficient (Wildman–Crippen LogP) is 1.28. The Labute approximate surface area is 71.0 Å². The first kappa shape index (κ1) is 7.47. The molecule has 0 aromatic rings. The molecule has 0 radical (unpaired) electrons. The first-order valence-corrected chi connectivity index (χ1v) is 4.20. The van der Waals surface area contributed by atoms with E-state index in [0.717, 1.165) is 6.42 Å². The summed E-state index contributed by atoms with van der Waals surface area (Å²) in [7, 11) is 0. The van der Waals surface area contributed by atoms with Crippen molar-refractivity contribution in [3.8, 4) is 0 Å². The average Bonchev–Trinajstić information content (AvgIpc) is 2.16. The topological polar surface area (TPSA) is 34.1 Å². The number of carbonyl (C=O) groups excluding carboxylic acids is 2. The normalized spacial score (nSPS) is 33.7. The second kappa shape index (κ2) is 2.70. The average molecular weight is 162 g/mol. The monoisotopic (exact) mass is 162 g/mol. The van der Waals surface area contributed by atoms with Gasteiger partial charge in [0.05, 0.1) is 5.92 Å². The lowest BCUT2D eigenvalue weighted by Crippen LogP contribution is -2.30. The Hall–Kier alpha value is -1.18. The number of rotatable bonds is 0. The summed E-state index contributed by atoms with van der Waals surface area (Å²) in [4.78, 5) is 22.8. The summed E-state index contributed by atoms with van der Waals surface area (Å²) in [6.45, 7) is 0. The molecule has 2 unspecified atom stereocenters. The molecular weight excluding hydrogens is 152 g/mol. The van der Waals surface area contributed by atoms with E-state index in [1.165, 1.54) is 0 Å². The molecule has 2 heteroatoms. The van der Waals surface area contributed by atoms with Crippen molar-refractivity contribution in [1.82, 2.24) is 0 Å². The van der Waals surface area contributed by atoms with Gasteiger partial charge < -0.3 is 0 Å². The van der Waals surface area contributed by atoms with E-state index >= 15 is 0 Å². The van der Waals surface area contributed by atoms with Crippen LogP contribution in [0.2, 0.25) is 0 Å². The predicted molar refractivity (Wildman–Crippen MR) is 44.5 cm³/mol. The summed E-state index contributed by atoms with van der Waals surface area (Å²) >= 11 is 0. The van der Waals surface area contributed by atoms with E-state index in [4.69, 9.17) is 0 Å². The smallest absolute Gasteiger partial charge is 0.166 e. The Bertz CT molecular complexity index is 286. The first-order valence-electron chi connectivity index (χ1n) is 4.20. The van der Waals surface area contributed by atoms with Gasteiger partial charge in [-0.15, -0.1) is 0 Å². The van der Waals surface area contributed by atoms with Gasteiger partial charge in [0.25, 0.3) is 0 Å². The number of allylic oxidation sites excluding steroid dienone is 4. The molecule has 0 saturated heterocycles. The summed E-state index contributed by atoms with van der Waals surface area (Å²) < 4.78 is 0. The van der Waals surface area contributed by atoms with Gasteiger partial charge in [0.2, 0.25) is 0 Å². The fraction of sp³-hybridized carbons (Fsp3) is 0.400. The van der Waals surface area contributed by atoms with Crippen molar-refractivity contribution in [3.63, 3.8) is 0 Å². The second-order valence-corrected chi connectivity index (χ2v) is 3.27. The minimum absolute atomic E-state index is 0.0252. The number of ketones is 2. The van der Waals surface area contributed by atoms with Crippen LogP contribution in [-0.2, 0) is 9.59 Å². The number of hydrogen-bond donors (Lipinski definition) is 0. The Kier molecular flexibility index (Phi) is 1.68. The van der Waals surface area contributed by atoms with Crippen molar-refractivity contribution in [1.29, 1.82) is 0 Å². The molecule has 2 aliphatic carbocycles. The van der Waals surface area contributed by atoms with Crippen LogP contribution in [0.15, 0.2) is 24.3 Å². The molecule has 2 rings (SSSR count). The number of fused-ring (bicyclic) bond motifs is 2. The highest BCUT2D eigenvalue weighted by atomic mass is 16.2. The SMILES string of the molecule is O=C1C=CC2CC=CCC1C2=O. The van der Waals surface area contributed by atoms with Gasteiger partial charge in [0.15, 0.2) is 11.6 Å². The molecule has 2 atom stereocenters. The first-order chi connectivity index (χ1) is 5.79. The standard InChI is InChI=1S/C10H10O2/c11-9-6-5-7-3-1-2-4-8(9)10(7)12/h1-2,5-8H,3-4H2. The lowest BCUT2D eigenvalue weighted by Gasteiger charge is -2.17. The third-order valence-electron chi connectivity index (χ3n) is 2.47. The van der Waals surface area contributed by atoms with Crippen LogP contribution < -0.4 is 0 Å². The fourth-order valence-corrected chi connectivity index (χ4v) is 1.72. The largest absolute Gasteiger partial charge is 0.298 e. The molecule has 62 valence electrons. The minimum atomic E-state index is -0.376. The number of hydrogen-bond acceptors (Lipinski definition) is 2. The van der Waals surface area contributed by atoms with Crippen LogP contribution in [0.5, 0.6) is 0 Å². The van der Waals surface area contributed by atoms with Crippen LogP contribution >= 0.6 is 0 Å². The molecule has 12 heavy (non-hydrogen) atoms. The molecule has 0 amide bonds. The van der Waals surface area contributed by atoms with Crippen LogP contribution in [0, 0.1) is 11.8 Å². The van der Waals surface area contributed by atoms with E-state index in [1.807, 2.05) is 12.2 Å². The molecule has 0 spiro atoms. The maximum atomic E-state index is 11.5. The van der Waals surface area contributed by atoms with Gasteiger partial charge in [-0.1, -0.05) is 18.2 Å². The van der Waals surface area contributed by atoms with Crippen molar-refractivity contribution in [2.45, 2.75) is 12.8 Å². The summed E-state index contributed by atoms with van der Waals surface area (Å²) in [6, 6.07) is 0. The Morgan fingerprint density at radius 2 is 1.92 bits per heavy atom. The van der Waals surface area contributed by atoms with Gasteiger partial charge in [-0.25, -0.2) is 0 Å². The summed E-state index contributed by atoms with van der Waals surface area (Å²) in [5.74, 6) is -0.333. The highest BCUT2D eigenvalue weighted by Crippen LogP contribution is 2.26. The van der Waals surface area contributed by atoms with Gasteiger partial charge in [-0.2, -0.15) is 0 Å². The van der Waals surface area contributed by atoms with Crippen LogP contribution in [-0.4, -0.2) is 11.6 Å². The molecule has 0 aromatic heterocycles. The lowest BCUT2D eigenvalue weighted by atomic mass is 9.83. The fourth-order valence-electron chi connectivity index (χ4n) is 1.72. The Balaban J connectivity index is 2.38.